The second-order valence-corrected chi connectivity index (χ2v) is 6.70. The van der Waals surface area contributed by atoms with Crippen LogP contribution in [0.3, 0.4) is 0 Å². The van der Waals surface area contributed by atoms with Crippen molar-refractivity contribution in [1.82, 2.24) is 15.0 Å². The number of nitrogens with one attached hydrogen (secondary N) is 3. The SMILES string of the molecule is O=c1ccc2c(c1)[nH]c1c3[nH]c4cc(=O)ccc4c3c3c(=O)[nH]c(=O)c3c21. The summed E-state index contributed by atoms with van der Waals surface area (Å²) in [7, 11) is 0. The second-order valence-electron chi connectivity index (χ2n) is 6.70. The second kappa shape index (κ2) is 4.39. The summed E-state index contributed by atoms with van der Waals surface area (Å²) in [6, 6.07) is 9.07. The van der Waals surface area contributed by atoms with Crippen molar-refractivity contribution in [2.45, 2.75) is 0 Å². The van der Waals surface area contributed by atoms with Crippen molar-refractivity contribution < 1.29 is 0 Å². The van der Waals surface area contributed by atoms with E-state index in [1.165, 1.54) is 24.3 Å². The predicted octanol–water partition coefficient (Wildman–Crippen LogP) is 1.75. The van der Waals surface area contributed by atoms with Gasteiger partial charge in [-0.2, -0.15) is 0 Å². The molecular weight excluding hydrogens is 346 g/mol. The molecule has 0 spiro atoms. The minimum Gasteiger partial charge on any atom is -0.353 e. The summed E-state index contributed by atoms with van der Waals surface area (Å²) in [6.45, 7) is 0. The minimum atomic E-state index is -0.469. The van der Waals surface area contributed by atoms with Crippen molar-refractivity contribution in [3.05, 3.63) is 77.6 Å². The van der Waals surface area contributed by atoms with Gasteiger partial charge in [0.25, 0.3) is 11.1 Å². The molecular formula is C20H9N3O4. The largest absolute Gasteiger partial charge is 0.353 e. The molecule has 3 aromatic carbocycles. The molecule has 6 aromatic rings. The predicted molar refractivity (Wildman–Crippen MR) is 104 cm³/mol. The molecule has 0 bridgehead atoms. The van der Waals surface area contributed by atoms with Gasteiger partial charge >= 0.3 is 0 Å². The molecule has 0 fully saturated rings. The average molecular weight is 355 g/mol. The lowest BCUT2D eigenvalue weighted by atomic mass is 10.0. The monoisotopic (exact) mass is 355 g/mol. The lowest BCUT2D eigenvalue weighted by Gasteiger charge is -1.98. The number of hydrogen-bond donors (Lipinski definition) is 3. The van der Waals surface area contributed by atoms with Crippen LogP contribution in [0.25, 0.3) is 54.4 Å². The molecule has 7 heteroatoms. The van der Waals surface area contributed by atoms with Gasteiger partial charge in [-0.25, -0.2) is 0 Å². The van der Waals surface area contributed by atoms with Gasteiger partial charge < -0.3 is 9.97 Å². The molecule has 7 nitrogen and oxygen atoms in total. The number of hydrogen-bond acceptors (Lipinski definition) is 4. The van der Waals surface area contributed by atoms with E-state index in [2.05, 4.69) is 15.0 Å². The van der Waals surface area contributed by atoms with Crippen molar-refractivity contribution >= 4 is 54.4 Å². The van der Waals surface area contributed by atoms with Gasteiger partial charge in [0.05, 0.1) is 32.8 Å². The first-order valence-corrected chi connectivity index (χ1v) is 8.29. The zero-order valence-electron chi connectivity index (χ0n) is 13.6. The summed E-state index contributed by atoms with van der Waals surface area (Å²) >= 11 is 0. The van der Waals surface area contributed by atoms with Gasteiger partial charge in [-0.1, -0.05) is 0 Å². The zero-order chi connectivity index (χ0) is 18.4. The molecule has 0 radical (unpaired) electrons. The van der Waals surface area contributed by atoms with Crippen molar-refractivity contribution in [3.8, 4) is 0 Å². The summed E-state index contributed by atoms with van der Waals surface area (Å²) in [5.74, 6) is 0. The summed E-state index contributed by atoms with van der Waals surface area (Å²) in [4.78, 5) is 57.5. The number of aromatic nitrogens is 3. The number of H-pyrrole nitrogens is 3. The Morgan fingerprint density at radius 1 is 0.519 bits per heavy atom. The molecule has 6 rings (SSSR count). The zero-order valence-corrected chi connectivity index (χ0v) is 13.6. The third kappa shape index (κ3) is 1.61. The van der Waals surface area contributed by atoms with Crippen LogP contribution in [0.2, 0.25) is 0 Å². The first-order chi connectivity index (χ1) is 13.0. The Morgan fingerprint density at radius 2 is 0.963 bits per heavy atom. The van der Waals surface area contributed by atoms with Gasteiger partial charge in [-0.3, -0.25) is 24.2 Å². The number of benzene rings is 3. The van der Waals surface area contributed by atoms with E-state index < -0.39 is 11.1 Å². The Balaban J connectivity index is 2.11. The molecule has 128 valence electrons. The van der Waals surface area contributed by atoms with Gasteiger partial charge in [-0.05, 0) is 24.3 Å². The molecule has 3 N–H and O–H groups in total. The Bertz CT molecular complexity index is 1680. The fraction of sp³-hybridized carbons (Fsp3) is 0. The Morgan fingerprint density at radius 3 is 1.41 bits per heavy atom. The summed E-state index contributed by atoms with van der Waals surface area (Å²) in [5, 5.41) is 3.14. The molecule has 0 atom stereocenters. The molecule has 0 aliphatic carbocycles. The number of aromatic amines is 3. The standard InChI is InChI=1S/C20H9N3O4/c24-7-1-3-9-11(5-7)21-17-13(9)15-16(20(27)23-19(15)26)14-10-4-2-8(25)6-12(10)22-18(14)17/h1-6,21-22H,(H,23,26,27). The molecule has 0 saturated heterocycles. The van der Waals surface area contributed by atoms with Gasteiger partial charge in [0.1, 0.15) is 0 Å². The Labute approximate surface area is 147 Å². The summed E-state index contributed by atoms with van der Waals surface area (Å²) in [5.41, 5.74) is 1.17. The van der Waals surface area contributed by atoms with Crippen LogP contribution in [0.1, 0.15) is 0 Å². The van der Waals surface area contributed by atoms with E-state index in [4.69, 9.17) is 0 Å². The van der Waals surface area contributed by atoms with Crippen LogP contribution in [-0.4, -0.2) is 15.0 Å². The van der Waals surface area contributed by atoms with Crippen LogP contribution in [0.4, 0.5) is 0 Å². The molecule has 3 aromatic heterocycles. The van der Waals surface area contributed by atoms with E-state index in [1.807, 2.05) is 0 Å². The third-order valence-electron chi connectivity index (χ3n) is 5.22. The van der Waals surface area contributed by atoms with E-state index in [-0.39, 0.29) is 10.9 Å². The smallest absolute Gasteiger partial charge is 0.259 e. The van der Waals surface area contributed by atoms with Crippen LogP contribution >= 0.6 is 0 Å². The van der Waals surface area contributed by atoms with Gasteiger partial charge in [0, 0.05) is 33.7 Å². The molecule has 0 aliphatic rings. The highest BCUT2D eigenvalue weighted by Crippen LogP contribution is 2.38. The highest BCUT2D eigenvalue weighted by molar-refractivity contribution is 6.35. The quantitative estimate of drug-likeness (QED) is 0.385. The highest BCUT2D eigenvalue weighted by atomic mass is 16.2. The molecule has 0 saturated carbocycles. The molecule has 3 heterocycles. The maximum absolute atomic E-state index is 12.6. The summed E-state index contributed by atoms with van der Waals surface area (Å²) < 4.78 is 0. The van der Waals surface area contributed by atoms with Crippen molar-refractivity contribution in [1.29, 1.82) is 0 Å². The van der Waals surface area contributed by atoms with E-state index >= 15 is 0 Å². The third-order valence-corrected chi connectivity index (χ3v) is 5.22. The molecule has 0 aliphatic heterocycles. The van der Waals surface area contributed by atoms with Crippen LogP contribution in [0.15, 0.2) is 55.6 Å². The van der Waals surface area contributed by atoms with Crippen LogP contribution in [0, 0.1) is 0 Å². The van der Waals surface area contributed by atoms with E-state index in [9.17, 15) is 19.2 Å². The van der Waals surface area contributed by atoms with E-state index in [0.29, 0.717) is 54.4 Å². The van der Waals surface area contributed by atoms with Gasteiger partial charge in [0.15, 0.2) is 10.9 Å². The molecule has 0 amide bonds. The Hall–Kier alpha value is -4.00. The summed E-state index contributed by atoms with van der Waals surface area (Å²) in [6.07, 6.45) is 0. The topological polar surface area (TPSA) is 116 Å². The van der Waals surface area contributed by atoms with Crippen LogP contribution in [-0.2, 0) is 0 Å². The fourth-order valence-electron chi connectivity index (χ4n) is 4.18. The first kappa shape index (κ1) is 14.2. The Kier molecular flexibility index (Phi) is 2.31. The van der Waals surface area contributed by atoms with Gasteiger partial charge in [-0.15, -0.1) is 0 Å². The normalized spacial score (nSPS) is 12.3. The van der Waals surface area contributed by atoms with E-state index in [1.54, 1.807) is 12.1 Å². The lowest BCUT2D eigenvalue weighted by molar-refractivity contribution is 1.26. The fourth-order valence-corrected chi connectivity index (χ4v) is 4.18. The molecule has 0 unspecified atom stereocenters. The maximum Gasteiger partial charge on any atom is 0.259 e. The maximum atomic E-state index is 12.6. The van der Waals surface area contributed by atoms with Crippen molar-refractivity contribution in [2.75, 3.05) is 0 Å². The van der Waals surface area contributed by atoms with E-state index in [0.717, 1.165) is 0 Å². The number of fused-ring (bicyclic) bond motifs is 10. The first-order valence-electron chi connectivity index (χ1n) is 8.29. The van der Waals surface area contributed by atoms with Crippen LogP contribution in [0.5, 0.6) is 0 Å². The van der Waals surface area contributed by atoms with Crippen molar-refractivity contribution in [2.24, 2.45) is 0 Å². The lowest BCUT2D eigenvalue weighted by Crippen LogP contribution is -2.05. The van der Waals surface area contributed by atoms with Gasteiger partial charge in [0.2, 0.25) is 0 Å². The number of rotatable bonds is 0. The average Bonchev–Trinajstić information content (AvgIpc) is 3.25. The highest BCUT2D eigenvalue weighted by Gasteiger charge is 2.22. The minimum absolute atomic E-state index is 0.157. The van der Waals surface area contributed by atoms with Crippen LogP contribution < -0.4 is 22.0 Å². The molecule has 27 heavy (non-hydrogen) atoms. The van der Waals surface area contributed by atoms with Crippen molar-refractivity contribution in [3.63, 3.8) is 0 Å².